The third kappa shape index (κ3) is 4.35. The highest BCUT2D eigenvalue weighted by atomic mass is 19.1. The van der Waals surface area contributed by atoms with Crippen LogP contribution in [-0.2, 0) is 9.53 Å². The maximum absolute atomic E-state index is 14.1. The van der Waals surface area contributed by atoms with Crippen molar-refractivity contribution in [2.24, 2.45) is 0 Å². The third-order valence-corrected chi connectivity index (χ3v) is 5.09. The average Bonchev–Trinajstić information content (AvgIpc) is 3.19. The van der Waals surface area contributed by atoms with Crippen molar-refractivity contribution in [3.8, 4) is 0 Å². The number of amides is 1. The van der Waals surface area contributed by atoms with Gasteiger partial charge in [-0.25, -0.2) is 4.39 Å². The van der Waals surface area contributed by atoms with Crippen molar-refractivity contribution < 1.29 is 18.3 Å². The Kier molecular flexibility index (Phi) is 5.67. The molecule has 1 amide bonds. The molecule has 6 nitrogen and oxygen atoms in total. The Morgan fingerprint density at radius 1 is 1.17 bits per heavy atom. The number of hydrogen-bond donors (Lipinski definition) is 0. The van der Waals surface area contributed by atoms with Crippen molar-refractivity contribution in [3.05, 3.63) is 83.3 Å². The number of carbonyl (C=O) groups excluding carboxylic acids is 1. The fourth-order valence-electron chi connectivity index (χ4n) is 3.59. The molecule has 150 valence electrons. The van der Waals surface area contributed by atoms with Gasteiger partial charge in [0.2, 0.25) is 17.7 Å². The lowest BCUT2D eigenvalue weighted by atomic mass is 9.94. The van der Waals surface area contributed by atoms with Crippen LogP contribution < -0.4 is 0 Å². The standard InChI is InChI=1S/C22H22FN3O3/c1-15-24-25-22(29-15)18(16-7-3-2-4-8-16)13-21(27)26-11-12-28-20(14-26)17-9-5-6-10-19(17)23/h2-10,18,20H,11-14H2,1H3. The Labute approximate surface area is 168 Å². The molecular formula is C22H22FN3O3. The number of nitrogens with zero attached hydrogens (tertiary/aromatic N) is 3. The molecule has 0 saturated carbocycles. The van der Waals surface area contributed by atoms with E-state index in [1.54, 1.807) is 30.0 Å². The summed E-state index contributed by atoms with van der Waals surface area (Å²) < 4.78 is 25.5. The maximum Gasteiger partial charge on any atom is 0.224 e. The fraction of sp³-hybridized carbons (Fsp3) is 0.318. The van der Waals surface area contributed by atoms with Gasteiger partial charge in [0.1, 0.15) is 11.9 Å². The Balaban J connectivity index is 1.52. The van der Waals surface area contributed by atoms with Crippen LogP contribution in [0.5, 0.6) is 0 Å². The Morgan fingerprint density at radius 3 is 2.66 bits per heavy atom. The minimum Gasteiger partial charge on any atom is -0.425 e. The normalized spacial score (nSPS) is 17.9. The van der Waals surface area contributed by atoms with E-state index in [2.05, 4.69) is 10.2 Å². The van der Waals surface area contributed by atoms with E-state index in [1.165, 1.54) is 6.07 Å². The number of aromatic nitrogens is 2. The minimum atomic E-state index is -0.477. The van der Waals surface area contributed by atoms with Crippen LogP contribution in [0.2, 0.25) is 0 Å². The van der Waals surface area contributed by atoms with Crippen LogP contribution in [-0.4, -0.2) is 40.7 Å². The molecule has 1 fully saturated rings. The van der Waals surface area contributed by atoms with Gasteiger partial charge in [0.05, 0.1) is 19.1 Å². The summed E-state index contributed by atoms with van der Waals surface area (Å²) in [6, 6.07) is 16.1. The molecule has 0 spiro atoms. The highest BCUT2D eigenvalue weighted by Crippen LogP contribution is 2.30. The van der Waals surface area contributed by atoms with Gasteiger partial charge < -0.3 is 14.1 Å². The van der Waals surface area contributed by atoms with Crippen molar-refractivity contribution in [1.82, 2.24) is 15.1 Å². The monoisotopic (exact) mass is 395 g/mol. The van der Waals surface area contributed by atoms with Gasteiger partial charge in [-0.3, -0.25) is 4.79 Å². The number of halogens is 1. The second-order valence-electron chi connectivity index (χ2n) is 7.05. The van der Waals surface area contributed by atoms with E-state index in [1.807, 2.05) is 30.3 Å². The van der Waals surface area contributed by atoms with Gasteiger partial charge in [-0.15, -0.1) is 10.2 Å². The summed E-state index contributed by atoms with van der Waals surface area (Å²) in [5.74, 6) is 0.162. The first-order valence-corrected chi connectivity index (χ1v) is 9.60. The molecule has 2 atom stereocenters. The van der Waals surface area contributed by atoms with Crippen molar-refractivity contribution in [2.75, 3.05) is 19.7 Å². The molecule has 1 saturated heterocycles. The predicted molar refractivity (Wildman–Crippen MR) is 104 cm³/mol. The highest BCUT2D eigenvalue weighted by Gasteiger charge is 2.30. The second-order valence-corrected chi connectivity index (χ2v) is 7.05. The molecule has 3 aromatic rings. The number of rotatable bonds is 5. The summed E-state index contributed by atoms with van der Waals surface area (Å²) in [5.41, 5.74) is 1.40. The second kappa shape index (κ2) is 8.53. The lowest BCUT2D eigenvalue weighted by Crippen LogP contribution is -2.43. The first-order chi connectivity index (χ1) is 14.1. The van der Waals surface area contributed by atoms with Crippen molar-refractivity contribution >= 4 is 5.91 Å². The van der Waals surface area contributed by atoms with Crippen LogP contribution in [0.15, 0.2) is 59.0 Å². The molecule has 29 heavy (non-hydrogen) atoms. The Bertz CT molecular complexity index is 976. The number of morpholine rings is 1. The summed E-state index contributed by atoms with van der Waals surface area (Å²) >= 11 is 0. The maximum atomic E-state index is 14.1. The molecule has 2 heterocycles. The van der Waals surface area contributed by atoms with E-state index in [4.69, 9.17) is 9.15 Å². The van der Waals surface area contributed by atoms with Crippen LogP contribution in [0.1, 0.15) is 41.4 Å². The molecule has 2 aromatic carbocycles. The van der Waals surface area contributed by atoms with Gasteiger partial charge in [-0.05, 0) is 11.6 Å². The first-order valence-electron chi connectivity index (χ1n) is 9.60. The molecule has 0 N–H and O–H groups in total. The van der Waals surface area contributed by atoms with E-state index in [0.29, 0.717) is 37.0 Å². The van der Waals surface area contributed by atoms with Crippen LogP contribution in [0, 0.1) is 12.7 Å². The first kappa shape index (κ1) is 19.3. The third-order valence-electron chi connectivity index (χ3n) is 5.09. The SMILES string of the molecule is Cc1nnc(C(CC(=O)N2CCOC(c3ccccc3F)C2)c2ccccc2)o1. The quantitative estimate of drug-likeness (QED) is 0.660. The van der Waals surface area contributed by atoms with Gasteiger partial charge >= 0.3 is 0 Å². The van der Waals surface area contributed by atoms with Crippen LogP contribution in [0.4, 0.5) is 4.39 Å². The van der Waals surface area contributed by atoms with Gasteiger partial charge in [0.25, 0.3) is 0 Å². The molecule has 1 aliphatic heterocycles. The zero-order valence-electron chi connectivity index (χ0n) is 16.1. The molecule has 0 bridgehead atoms. The molecule has 1 aliphatic rings. The zero-order valence-corrected chi connectivity index (χ0v) is 16.1. The summed E-state index contributed by atoms with van der Waals surface area (Å²) in [7, 11) is 0. The predicted octanol–water partition coefficient (Wildman–Crippen LogP) is 3.64. The highest BCUT2D eigenvalue weighted by molar-refractivity contribution is 5.77. The van der Waals surface area contributed by atoms with Gasteiger partial charge in [-0.2, -0.15) is 0 Å². The summed E-state index contributed by atoms with van der Waals surface area (Å²) in [6.45, 7) is 2.86. The van der Waals surface area contributed by atoms with Crippen LogP contribution in [0.3, 0.4) is 0 Å². The molecule has 4 rings (SSSR count). The number of hydrogen-bond acceptors (Lipinski definition) is 5. The molecule has 7 heteroatoms. The minimum absolute atomic E-state index is 0.0562. The molecule has 1 aromatic heterocycles. The largest absolute Gasteiger partial charge is 0.425 e. The van der Waals surface area contributed by atoms with Crippen molar-refractivity contribution in [3.63, 3.8) is 0 Å². The van der Waals surface area contributed by atoms with Gasteiger partial charge in [0, 0.05) is 25.5 Å². The van der Waals surface area contributed by atoms with Gasteiger partial charge in [0.15, 0.2) is 0 Å². The lowest BCUT2D eigenvalue weighted by Gasteiger charge is -2.34. The van der Waals surface area contributed by atoms with Crippen LogP contribution in [0.25, 0.3) is 0 Å². The van der Waals surface area contributed by atoms with Crippen LogP contribution >= 0.6 is 0 Å². The smallest absolute Gasteiger partial charge is 0.224 e. The molecule has 2 unspecified atom stereocenters. The zero-order chi connectivity index (χ0) is 20.2. The van der Waals surface area contributed by atoms with E-state index >= 15 is 0 Å². The summed E-state index contributed by atoms with van der Waals surface area (Å²) in [6.07, 6.45) is -0.287. The molecular weight excluding hydrogens is 373 g/mol. The van der Waals surface area contributed by atoms with E-state index < -0.39 is 6.10 Å². The fourth-order valence-corrected chi connectivity index (χ4v) is 3.59. The van der Waals surface area contributed by atoms with E-state index in [0.717, 1.165) is 5.56 Å². The van der Waals surface area contributed by atoms with Crippen molar-refractivity contribution in [1.29, 1.82) is 0 Å². The Morgan fingerprint density at radius 2 is 1.93 bits per heavy atom. The summed E-state index contributed by atoms with van der Waals surface area (Å²) in [4.78, 5) is 14.8. The Hall–Kier alpha value is -3.06. The number of aryl methyl sites for hydroxylation is 1. The molecule has 0 aliphatic carbocycles. The van der Waals surface area contributed by atoms with E-state index in [-0.39, 0.29) is 24.1 Å². The van der Waals surface area contributed by atoms with Crippen molar-refractivity contribution in [2.45, 2.75) is 25.4 Å². The number of carbonyl (C=O) groups is 1. The number of benzene rings is 2. The lowest BCUT2D eigenvalue weighted by molar-refractivity contribution is -0.139. The average molecular weight is 395 g/mol. The molecule has 0 radical (unpaired) electrons. The van der Waals surface area contributed by atoms with E-state index in [9.17, 15) is 9.18 Å². The summed E-state index contributed by atoms with van der Waals surface area (Å²) in [5, 5.41) is 8.04. The van der Waals surface area contributed by atoms with Gasteiger partial charge in [-0.1, -0.05) is 48.5 Å². The number of ether oxygens (including phenoxy) is 1. The topological polar surface area (TPSA) is 68.5 Å².